The van der Waals surface area contributed by atoms with E-state index in [-0.39, 0.29) is 11.9 Å². The van der Waals surface area contributed by atoms with Crippen molar-refractivity contribution >= 4 is 16.8 Å². The Labute approximate surface area is 121 Å². The molecule has 0 bridgehead atoms. The average Bonchev–Trinajstić information content (AvgIpc) is 2.93. The van der Waals surface area contributed by atoms with Gasteiger partial charge in [0.1, 0.15) is 5.69 Å². The summed E-state index contributed by atoms with van der Waals surface area (Å²) in [6, 6.07) is 11.0. The van der Waals surface area contributed by atoms with Crippen LogP contribution in [0, 0.1) is 0 Å². The molecule has 3 aromatic rings. The minimum Gasteiger partial charge on any atom is -0.341 e. The molecule has 1 amide bonds. The maximum atomic E-state index is 12.3. The summed E-state index contributed by atoms with van der Waals surface area (Å²) in [5, 5.41) is 15.0. The number of carbonyl (C=O) groups excluding carboxylic acids is 1. The van der Waals surface area contributed by atoms with Gasteiger partial charge in [0, 0.05) is 12.4 Å². The van der Waals surface area contributed by atoms with Crippen molar-refractivity contribution in [1.29, 1.82) is 0 Å². The van der Waals surface area contributed by atoms with Gasteiger partial charge in [-0.05, 0) is 29.5 Å². The molecule has 1 N–H and O–H groups in total. The number of tetrazole rings is 1. The highest BCUT2D eigenvalue weighted by Gasteiger charge is 2.17. The van der Waals surface area contributed by atoms with Gasteiger partial charge in [-0.15, -0.1) is 5.10 Å². The van der Waals surface area contributed by atoms with E-state index in [1.54, 1.807) is 13.1 Å². The van der Waals surface area contributed by atoms with E-state index in [1.165, 1.54) is 4.68 Å². The molecular formula is C14H14N6O. The quantitative estimate of drug-likeness (QED) is 0.781. The predicted octanol–water partition coefficient (Wildman–Crippen LogP) is 1.25. The van der Waals surface area contributed by atoms with Gasteiger partial charge in [0.2, 0.25) is 0 Å². The Kier molecular flexibility index (Phi) is 3.31. The standard InChI is InChI=1S/C14H14N6O/c1-9(13-17-18-19-20(13)2)15-14(21)12-8-7-10-5-3-4-6-11(10)16-12/h3-9H,1-2H3,(H,15,21)/t9-/m0/s1. The number of benzene rings is 1. The zero-order valence-corrected chi connectivity index (χ0v) is 11.7. The van der Waals surface area contributed by atoms with E-state index >= 15 is 0 Å². The lowest BCUT2D eigenvalue weighted by Gasteiger charge is -2.12. The van der Waals surface area contributed by atoms with E-state index in [9.17, 15) is 4.79 Å². The SMILES string of the molecule is C[C@H](NC(=O)c1ccc2ccccc2n1)c1nnnn1C. The molecular weight excluding hydrogens is 268 g/mol. The van der Waals surface area contributed by atoms with Crippen molar-refractivity contribution in [3.8, 4) is 0 Å². The van der Waals surface area contributed by atoms with Crippen molar-refractivity contribution in [2.75, 3.05) is 0 Å². The summed E-state index contributed by atoms with van der Waals surface area (Å²) in [7, 11) is 1.73. The van der Waals surface area contributed by atoms with Crippen molar-refractivity contribution in [2.24, 2.45) is 7.05 Å². The molecule has 21 heavy (non-hydrogen) atoms. The third-order valence-electron chi connectivity index (χ3n) is 3.22. The Balaban J connectivity index is 1.82. The normalized spacial score (nSPS) is 12.3. The Morgan fingerprint density at radius 2 is 2.05 bits per heavy atom. The Morgan fingerprint density at radius 3 is 2.81 bits per heavy atom. The monoisotopic (exact) mass is 282 g/mol. The lowest BCUT2D eigenvalue weighted by Crippen LogP contribution is -2.29. The summed E-state index contributed by atoms with van der Waals surface area (Å²) in [5.74, 6) is 0.334. The first-order valence-electron chi connectivity index (χ1n) is 6.54. The average molecular weight is 282 g/mol. The highest BCUT2D eigenvalue weighted by molar-refractivity contribution is 5.95. The van der Waals surface area contributed by atoms with Crippen LogP contribution < -0.4 is 5.32 Å². The van der Waals surface area contributed by atoms with Gasteiger partial charge in [-0.1, -0.05) is 24.3 Å². The van der Waals surface area contributed by atoms with Crippen molar-refractivity contribution in [1.82, 2.24) is 30.5 Å². The molecule has 0 radical (unpaired) electrons. The fourth-order valence-corrected chi connectivity index (χ4v) is 2.13. The van der Waals surface area contributed by atoms with Crippen LogP contribution in [0.4, 0.5) is 0 Å². The van der Waals surface area contributed by atoms with E-state index in [2.05, 4.69) is 25.8 Å². The molecule has 3 rings (SSSR count). The first-order valence-corrected chi connectivity index (χ1v) is 6.54. The zero-order chi connectivity index (χ0) is 14.8. The minimum atomic E-state index is -0.300. The lowest BCUT2D eigenvalue weighted by molar-refractivity contribution is 0.0933. The maximum Gasteiger partial charge on any atom is 0.270 e. The van der Waals surface area contributed by atoms with Crippen molar-refractivity contribution in [3.63, 3.8) is 0 Å². The Morgan fingerprint density at radius 1 is 1.24 bits per heavy atom. The highest BCUT2D eigenvalue weighted by atomic mass is 16.1. The van der Waals surface area contributed by atoms with Crippen LogP contribution in [0.1, 0.15) is 29.3 Å². The second-order valence-electron chi connectivity index (χ2n) is 4.75. The van der Waals surface area contributed by atoms with Gasteiger partial charge in [0.05, 0.1) is 11.6 Å². The molecule has 2 heterocycles. The van der Waals surface area contributed by atoms with Crippen LogP contribution in [0.5, 0.6) is 0 Å². The van der Waals surface area contributed by atoms with Gasteiger partial charge >= 0.3 is 0 Å². The number of hydrogen-bond donors (Lipinski definition) is 1. The lowest BCUT2D eigenvalue weighted by atomic mass is 10.2. The number of rotatable bonds is 3. The van der Waals surface area contributed by atoms with Crippen molar-refractivity contribution in [3.05, 3.63) is 47.9 Å². The van der Waals surface area contributed by atoms with E-state index in [0.717, 1.165) is 10.9 Å². The number of pyridine rings is 1. The highest BCUT2D eigenvalue weighted by Crippen LogP contribution is 2.13. The van der Waals surface area contributed by atoms with Crippen LogP contribution in [0.25, 0.3) is 10.9 Å². The van der Waals surface area contributed by atoms with Crippen LogP contribution in [-0.2, 0) is 7.05 Å². The van der Waals surface area contributed by atoms with E-state index < -0.39 is 0 Å². The predicted molar refractivity (Wildman–Crippen MR) is 76.4 cm³/mol. The van der Waals surface area contributed by atoms with Crippen molar-refractivity contribution < 1.29 is 4.79 Å². The molecule has 2 aromatic heterocycles. The largest absolute Gasteiger partial charge is 0.341 e. The summed E-state index contributed by atoms with van der Waals surface area (Å²) in [5.41, 5.74) is 1.16. The van der Waals surface area contributed by atoms with Gasteiger partial charge in [0.15, 0.2) is 5.82 Å². The van der Waals surface area contributed by atoms with Gasteiger partial charge in [-0.25, -0.2) is 9.67 Å². The molecule has 7 heteroatoms. The van der Waals surface area contributed by atoms with Crippen LogP contribution in [0.3, 0.4) is 0 Å². The molecule has 0 spiro atoms. The van der Waals surface area contributed by atoms with E-state index in [0.29, 0.717) is 11.5 Å². The molecule has 0 aliphatic rings. The van der Waals surface area contributed by atoms with Crippen molar-refractivity contribution in [2.45, 2.75) is 13.0 Å². The summed E-state index contributed by atoms with van der Waals surface area (Å²) in [4.78, 5) is 16.6. The second kappa shape index (κ2) is 5.28. The smallest absolute Gasteiger partial charge is 0.270 e. The number of fused-ring (bicyclic) bond motifs is 1. The number of amides is 1. The number of carbonyl (C=O) groups is 1. The van der Waals surface area contributed by atoms with Crippen LogP contribution in [-0.4, -0.2) is 31.1 Å². The molecule has 0 fully saturated rings. The molecule has 106 valence electrons. The first kappa shape index (κ1) is 13.2. The van der Waals surface area contributed by atoms with Gasteiger partial charge in [-0.2, -0.15) is 0 Å². The summed E-state index contributed by atoms with van der Waals surface area (Å²) in [6.45, 7) is 1.82. The molecule has 7 nitrogen and oxygen atoms in total. The third kappa shape index (κ3) is 2.58. The zero-order valence-electron chi connectivity index (χ0n) is 11.7. The maximum absolute atomic E-state index is 12.3. The third-order valence-corrected chi connectivity index (χ3v) is 3.22. The molecule has 0 saturated carbocycles. The number of nitrogens with zero attached hydrogens (tertiary/aromatic N) is 5. The van der Waals surface area contributed by atoms with Gasteiger partial charge in [-0.3, -0.25) is 4.79 Å². The molecule has 1 atom stereocenters. The fourth-order valence-electron chi connectivity index (χ4n) is 2.13. The Bertz CT molecular complexity index is 797. The van der Waals surface area contributed by atoms with Crippen LogP contribution in [0.15, 0.2) is 36.4 Å². The molecule has 1 aromatic carbocycles. The minimum absolute atomic E-state index is 0.253. The fraction of sp³-hybridized carbons (Fsp3) is 0.214. The number of para-hydroxylation sites is 1. The number of hydrogen-bond acceptors (Lipinski definition) is 5. The summed E-state index contributed by atoms with van der Waals surface area (Å²) < 4.78 is 1.53. The molecule has 0 aliphatic carbocycles. The van der Waals surface area contributed by atoms with E-state index in [1.807, 2.05) is 37.3 Å². The Hall–Kier alpha value is -2.83. The van der Waals surface area contributed by atoms with Gasteiger partial charge < -0.3 is 5.32 Å². The van der Waals surface area contributed by atoms with Gasteiger partial charge in [0.25, 0.3) is 5.91 Å². The summed E-state index contributed by atoms with van der Waals surface area (Å²) >= 11 is 0. The molecule has 0 saturated heterocycles. The van der Waals surface area contributed by atoms with E-state index in [4.69, 9.17) is 0 Å². The number of aryl methyl sites for hydroxylation is 1. The van der Waals surface area contributed by atoms with Crippen LogP contribution in [0.2, 0.25) is 0 Å². The topological polar surface area (TPSA) is 85.6 Å². The summed E-state index contributed by atoms with van der Waals surface area (Å²) in [6.07, 6.45) is 0. The molecule has 0 unspecified atom stereocenters. The number of nitrogens with one attached hydrogen (secondary N) is 1. The first-order chi connectivity index (χ1) is 10.1. The molecule has 0 aliphatic heterocycles. The second-order valence-corrected chi connectivity index (χ2v) is 4.75. The van der Waals surface area contributed by atoms with Crippen LogP contribution >= 0.6 is 0 Å². The number of aromatic nitrogens is 5.